The third-order valence-electron chi connectivity index (χ3n) is 8.84. The molecule has 5 rings (SSSR count). The molecule has 1 saturated carbocycles. The van der Waals surface area contributed by atoms with Crippen LogP contribution in [-0.2, 0) is 21.4 Å². The van der Waals surface area contributed by atoms with Gasteiger partial charge < -0.3 is 19.9 Å². The number of ether oxygens (including phenoxy) is 2. The smallest absolute Gasteiger partial charge is 0.225 e. The van der Waals surface area contributed by atoms with Crippen molar-refractivity contribution in [3.05, 3.63) is 89.0 Å². The Hall–Kier alpha value is -3.15. The van der Waals surface area contributed by atoms with Gasteiger partial charge in [0.05, 0.1) is 12.7 Å². The van der Waals surface area contributed by atoms with E-state index in [0.29, 0.717) is 19.4 Å². The Morgan fingerprint density at radius 2 is 1.64 bits per heavy atom. The SMILES string of the molecule is CC(C)(C)c1ccc(CCC(O)COCCC2CCCCC2)cc1NC(=O)CC1c2ccccc2Oc2ccccc21. The van der Waals surface area contributed by atoms with Gasteiger partial charge in [0.25, 0.3) is 0 Å². The summed E-state index contributed by atoms with van der Waals surface area (Å²) in [6, 6.07) is 22.3. The highest BCUT2D eigenvalue weighted by Crippen LogP contribution is 2.45. The summed E-state index contributed by atoms with van der Waals surface area (Å²) in [6.07, 6.45) is 9.00. The molecule has 42 heavy (non-hydrogen) atoms. The minimum atomic E-state index is -0.495. The first kappa shape index (κ1) is 30.3. The van der Waals surface area contributed by atoms with E-state index in [1.54, 1.807) is 0 Å². The predicted octanol–water partition coefficient (Wildman–Crippen LogP) is 8.53. The standard InChI is InChI=1S/C37H47NO4/c1-37(2,3)32-20-18-27(17-19-28(39)25-41-22-21-26-11-5-4-6-12-26)23-33(32)38-36(40)24-31-29-13-7-9-15-34(29)42-35-16-10-8-14-30(31)35/h7-10,13-16,18,20,23,26,28,31,39H,4-6,11-12,17,19,21-22,24-25H2,1-3H3,(H,38,40). The number of nitrogens with one attached hydrogen (secondary N) is 1. The van der Waals surface area contributed by atoms with Gasteiger partial charge in [-0.25, -0.2) is 0 Å². The molecule has 5 heteroatoms. The molecule has 1 aliphatic heterocycles. The van der Waals surface area contributed by atoms with Crippen LogP contribution >= 0.6 is 0 Å². The van der Waals surface area contributed by atoms with Crippen molar-refractivity contribution in [3.8, 4) is 11.5 Å². The summed E-state index contributed by atoms with van der Waals surface area (Å²) in [5.41, 5.74) is 4.97. The van der Waals surface area contributed by atoms with Gasteiger partial charge in [-0.1, -0.05) is 101 Å². The van der Waals surface area contributed by atoms with Gasteiger partial charge in [0.2, 0.25) is 5.91 Å². The molecule has 0 aromatic heterocycles. The average Bonchev–Trinajstić information content (AvgIpc) is 2.98. The van der Waals surface area contributed by atoms with E-state index < -0.39 is 6.10 Å². The Labute approximate surface area is 251 Å². The van der Waals surface area contributed by atoms with Gasteiger partial charge in [-0.2, -0.15) is 0 Å². The number of hydrogen-bond donors (Lipinski definition) is 2. The summed E-state index contributed by atoms with van der Waals surface area (Å²) in [5, 5.41) is 13.8. The van der Waals surface area contributed by atoms with Crippen LogP contribution < -0.4 is 10.1 Å². The minimum absolute atomic E-state index is 0.0273. The lowest BCUT2D eigenvalue weighted by Gasteiger charge is -2.28. The zero-order valence-electron chi connectivity index (χ0n) is 25.5. The largest absolute Gasteiger partial charge is 0.457 e. The quantitative estimate of drug-likeness (QED) is 0.227. The van der Waals surface area contributed by atoms with Gasteiger partial charge in [0.15, 0.2) is 0 Å². The van der Waals surface area contributed by atoms with Crippen molar-refractivity contribution in [2.24, 2.45) is 5.92 Å². The Kier molecular flexibility index (Phi) is 10.0. The number of anilines is 1. The summed E-state index contributed by atoms with van der Waals surface area (Å²) in [7, 11) is 0. The summed E-state index contributed by atoms with van der Waals surface area (Å²) in [5.74, 6) is 2.30. The van der Waals surface area contributed by atoms with Crippen LogP contribution in [-0.4, -0.2) is 30.3 Å². The number of aliphatic hydroxyl groups is 1. The van der Waals surface area contributed by atoms with Crippen molar-refractivity contribution >= 4 is 11.6 Å². The highest BCUT2D eigenvalue weighted by Gasteiger charge is 2.29. The van der Waals surface area contributed by atoms with Crippen LogP contribution in [0.1, 0.15) is 100 Å². The fourth-order valence-corrected chi connectivity index (χ4v) is 6.48. The molecule has 1 atom stereocenters. The monoisotopic (exact) mass is 569 g/mol. The van der Waals surface area contributed by atoms with Crippen LogP contribution in [0.25, 0.3) is 0 Å². The maximum atomic E-state index is 13.6. The van der Waals surface area contributed by atoms with Crippen LogP contribution in [0.4, 0.5) is 5.69 Å². The topological polar surface area (TPSA) is 67.8 Å². The summed E-state index contributed by atoms with van der Waals surface area (Å²) in [6.45, 7) is 7.61. The minimum Gasteiger partial charge on any atom is -0.457 e. The molecule has 5 nitrogen and oxygen atoms in total. The second kappa shape index (κ2) is 13.9. The maximum Gasteiger partial charge on any atom is 0.225 e. The first-order chi connectivity index (χ1) is 20.3. The van der Waals surface area contributed by atoms with Gasteiger partial charge >= 0.3 is 0 Å². The fourth-order valence-electron chi connectivity index (χ4n) is 6.48. The van der Waals surface area contributed by atoms with Crippen LogP contribution in [0.2, 0.25) is 0 Å². The lowest BCUT2D eigenvalue weighted by Crippen LogP contribution is -2.22. The van der Waals surface area contributed by atoms with Crippen LogP contribution in [0.5, 0.6) is 11.5 Å². The van der Waals surface area contributed by atoms with Gasteiger partial charge in [-0.15, -0.1) is 0 Å². The van der Waals surface area contributed by atoms with E-state index >= 15 is 0 Å². The van der Waals surface area contributed by atoms with Crippen molar-refractivity contribution in [2.75, 3.05) is 18.5 Å². The molecule has 1 amide bonds. The van der Waals surface area contributed by atoms with Gasteiger partial charge in [0.1, 0.15) is 11.5 Å². The molecule has 2 aliphatic rings. The van der Waals surface area contributed by atoms with Gasteiger partial charge in [0, 0.05) is 35.8 Å². The van der Waals surface area contributed by atoms with Crippen molar-refractivity contribution in [1.29, 1.82) is 0 Å². The Morgan fingerprint density at radius 1 is 0.976 bits per heavy atom. The molecular weight excluding hydrogens is 522 g/mol. The number of rotatable bonds is 11. The number of fused-ring (bicyclic) bond motifs is 2. The third-order valence-corrected chi connectivity index (χ3v) is 8.84. The lowest BCUT2D eigenvalue weighted by molar-refractivity contribution is -0.116. The summed E-state index contributed by atoms with van der Waals surface area (Å²) in [4.78, 5) is 13.6. The zero-order valence-corrected chi connectivity index (χ0v) is 25.5. The molecule has 0 saturated heterocycles. The first-order valence-electron chi connectivity index (χ1n) is 15.8. The molecule has 1 heterocycles. The predicted molar refractivity (Wildman–Crippen MR) is 170 cm³/mol. The number of hydrogen-bond acceptors (Lipinski definition) is 4. The molecule has 0 bridgehead atoms. The maximum absolute atomic E-state index is 13.6. The number of benzene rings is 3. The van der Waals surface area contributed by atoms with E-state index in [9.17, 15) is 9.90 Å². The molecule has 3 aromatic carbocycles. The number of amides is 1. The van der Waals surface area contributed by atoms with Crippen molar-refractivity contribution in [2.45, 2.75) is 96.0 Å². The van der Waals surface area contributed by atoms with E-state index in [0.717, 1.165) is 64.8 Å². The molecule has 0 radical (unpaired) electrons. The number of aliphatic hydroxyl groups excluding tert-OH is 1. The van der Waals surface area contributed by atoms with Gasteiger partial charge in [-0.05, 0) is 59.9 Å². The van der Waals surface area contributed by atoms with Crippen LogP contribution in [0, 0.1) is 5.92 Å². The van der Waals surface area contributed by atoms with Crippen molar-refractivity contribution < 1.29 is 19.4 Å². The zero-order chi connectivity index (χ0) is 29.5. The Morgan fingerprint density at radius 3 is 2.31 bits per heavy atom. The van der Waals surface area contributed by atoms with E-state index in [4.69, 9.17) is 9.47 Å². The van der Waals surface area contributed by atoms with E-state index in [-0.39, 0.29) is 17.2 Å². The molecule has 0 spiro atoms. The molecule has 224 valence electrons. The number of aryl methyl sites for hydroxylation is 1. The summed E-state index contributed by atoms with van der Waals surface area (Å²) >= 11 is 0. The number of carbonyl (C=O) groups excluding carboxylic acids is 1. The molecular formula is C37H47NO4. The van der Waals surface area contributed by atoms with Gasteiger partial charge in [-0.3, -0.25) is 4.79 Å². The second-order valence-electron chi connectivity index (χ2n) is 13.2. The van der Waals surface area contributed by atoms with E-state index in [1.165, 1.54) is 32.1 Å². The van der Waals surface area contributed by atoms with Crippen LogP contribution in [0.3, 0.4) is 0 Å². The number of carbonyl (C=O) groups is 1. The molecule has 2 N–H and O–H groups in total. The van der Waals surface area contributed by atoms with Crippen LogP contribution in [0.15, 0.2) is 66.7 Å². The second-order valence-corrected chi connectivity index (χ2v) is 13.2. The highest BCUT2D eigenvalue weighted by molar-refractivity contribution is 5.93. The number of para-hydroxylation sites is 2. The third kappa shape index (κ3) is 7.81. The molecule has 1 fully saturated rings. The lowest BCUT2D eigenvalue weighted by atomic mass is 9.84. The van der Waals surface area contributed by atoms with E-state index in [1.807, 2.05) is 36.4 Å². The Bertz CT molecular complexity index is 1290. The fraction of sp³-hybridized carbons (Fsp3) is 0.486. The summed E-state index contributed by atoms with van der Waals surface area (Å²) < 4.78 is 12.0. The molecule has 3 aromatic rings. The first-order valence-corrected chi connectivity index (χ1v) is 15.8. The molecule has 1 aliphatic carbocycles. The normalized spacial score (nSPS) is 16.3. The van der Waals surface area contributed by atoms with E-state index in [2.05, 4.69) is 56.4 Å². The van der Waals surface area contributed by atoms with Crippen molar-refractivity contribution in [3.63, 3.8) is 0 Å². The average molecular weight is 570 g/mol. The Balaban J connectivity index is 1.21. The highest BCUT2D eigenvalue weighted by atomic mass is 16.5. The van der Waals surface area contributed by atoms with Crippen molar-refractivity contribution in [1.82, 2.24) is 0 Å². The molecule has 1 unspecified atom stereocenters.